The highest BCUT2D eigenvalue weighted by atomic mass is 32.2. The van der Waals surface area contributed by atoms with Crippen LogP contribution in [0.5, 0.6) is 0 Å². The summed E-state index contributed by atoms with van der Waals surface area (Å²) in [5.74, 6) is -14.8. The fourth-order valence-corrected chi connectivity index (χ4v) is 4.70. The molecular formula is C26H24F9O3PS. The largest absolute Gasteiger partial charge is 0.743 e. The first kappa shape index (κ1) is 33.6. The lowest BCUT2D eigenvalue weighted by Gasteiger charge is -2.36. The van der Waals surface area contributed by atoms with E-state index in [0.717, 1.165) is 6.42 Å². The van der Waals surface area contributed by atoms with E-state index in [1.54, 1.807) is 0 Å². The van der Waals surface area contributed by atoms with Gasteiger partial charge in [-0.25, -0.2) is 8.42 Å². The normalized spacial score (nSPS) is 13.4. The lowest BCUT2D eigenvalue weighted by molar-refractivity contribution is -0.382. The van der Waals surface area contributed by atoms with E-state index in [-0.39, 0.29) is 5.41 Å². The lowest BCUT2D eigenvalue weighted by atomic mass is 9.67. The van der Waals surface area contributed by atoms with Gasteiger partial charge >= 0.3 is 23.3 Å². The Kier molecular flexibility index (Phi) is 10.5. The summed E-state index contributed by atoms with van der Waals surface area (Å²) in [5, 5.41) is -7.11. The Hall–Kier alpha value is -2.63. The second kappa shape index (κ2) is 12.5. The molecule has 0 bridgehead atoms. The zero-order valence-corrected chi connectivity index (χ0v) is 22.8. The fraction of sp³-hybridized carbons (Fsp3) is 0.308. The van der Waals surface area contributed by atoms with Gasteiger partial charge < -0.3 is 4.55 Å². The lowest BCUT2D eigenvalue weighted by Crippen LogP contribution is -2.63. The fourth-order valence-electron chi connectivity index (χ4n) is 4.01. The maximum atomic E-state index is 12.2. The smallest absolute Gasteiger partial charge is 0.460 e. The standard InChI is InChI=1S/C22H23P.C4HF9O3S/c23-18-10-17-22(19-11-4-1-5-12-19,20-13-6-2-7-14-20)21-15-8-3-9-16-21;5-1(6,3(9,10)11)2(7,8)4(12,13)17(14,15)16/h1-9,11-16H,10,17-18,23H2;(H,14,15,16). The summed E-state index contributed by atoms with van der Waals surface area (Å²) in [7, 11) is -5.35. The van der Waals surface area contributed by atoms with Crippen molar-refractivity contribution in [1.82, 2.24) is 0 Å². The van der Waals surface area contributed by atoms with Crippen molar-refractivity contribution in [1.29, 1.82) is 0 Å². The zero-order chi connectivity index (χ0) is 30.5. The van der Waals surface area contributed by atoms with Crippen LogP contribution >= 0.6 is 9.24 Å². The molecule has 3 nitrogen and oxygen atoms in total. The van der Waals surface area contributed by atoms with E-state index in [1.165, 1.54) is 29.3 Å². The molecule has 0 aliphatic heterocycles. The number of halogens is 9. The van der Waals surface area contributed by atoms with Crippen molar-refractivity contribution < 1.29 is 52.5 Å². The second-order valence-electron chi connectivity index (χ2n) is 8.58. The molecule has 0 radical (unpaired) electrons. The molecule has 1 unspecified atom stereocenters. The first-order valence-electron chi connectivity index (χ1n) is 11.5. The van der Waals surface area contributed by atoms with E-state index < -0.39 is 33.4 Å². The molecule has 0 heterocycles. The predicted octanol–water partition coefficient (Wildman–Crippen LogP) is 7.37. The van der Waals surface area contributed by atoms with Crippen molar-refractivity contribution >= 4 is 19.4 Å². The molecule has 0 aliphatic carbocycles. The summed E-state index contributed by atoms with van der Waals surface area (Å²) in [6.07, 6.45) is -3.58. The Morgan fingerprint density at radius 2 is 0.925 bits per heavy atom. The van der Waals surface area contributed by atoms with Crippen molar-refractivity contribution in [3.05, 3.63) is 108 Å². The third-order valence-corrected chi connectivity index (χ3v) is 7.42. The SMILES string of the molecule is O=S(=O)([O-])C(F)(F)C(F)(F)C(F)(F)C(F)(F)F.[PH3+]CCCC(c1ccccc1)(c1ccccc1)c1ccccc1. The van der Waals surface area contributed by atoms with Gasteiger partial charge in [0.15, 0.2) is 10.1 Å². The van der Waals surface area contributed by atoms with Crippen LogP contribution in [0.1, 0.15) is 29.5 Å². The molecule has 3 aromatic rings. The van der Waals surface area contributed by atoms with Crippen molar-refractivity contribution in [3.63, 3.8) is 0 Å². The van der Waals surface area contributed by atoms with Gasteiger partial charge in [0.1, 0.15) is 0 Å². The average Bonchev–Trinajstić information content (AvgIpc) is 2.90. The molecule has 0 spiro atoms. The minimum atomic E-state index is -7.43. The van der Waals surface area contributed by atoms with Gasteiger partial charge in [-0.3, -0.25) is 0 Å². The Morgan fingerprint density at radius 1 is 0.600 bits per heavy atom. The molecule has 0 fully saturated rings. The molecule has 0 aliphatic rings. The summed E-state index contributed by atoms with van der Waals surface area (Å²) in [6, 6.07) is 32.9. The third-order valence-electron chi connectivity index (χ3n) is 6.03. The Bertz CT molecular complexity index is 1220. The van der Waals surface area contributed by atoms with Crippen LogP contribution in [0.2, 0.25) is 0 Å². The number of hydrogen-bond donors (Lipinski definition) is 0. The molecule has 0 saturated heterocycles. The Morgan fingerprint density at radius 3 is 1.18 bits per heavy atom. The summed E-state index contributed by atoms with van der Waals surface area (Å²) in [5.41, 5.74) is 4.09. The van der Waals surface area contributed by atoms with E-state index in [4.69, 9.17) is 0 Å². The maximum absolute atomic E-state index is 12.2. The molecule has 14 heteroatoms. The van der Waals surface area contributed by atoms with E-state index in [1.807, 2.05) is 0 Å². The maximum Gasteiger partial charge on any atom is 0.460 e. The molecule has 220 valence electrons. The minimum absolute atomic E-state index is 0.0652. The van der Waals surface area contributed by atoms with Crippen LogP contribution in [-0.2, 0) is 15.5 Å². The van der Waals surface area contributed by atoms with E-state index in [2.05, 4.69) is 100 Å². The summed E-state index contributed by atoms with van der Waals surface area (Å²) >= 11 is 0. The van der Waals surface area contributed by atoms with Gasteiger partial charge in [-0.1, -0.05) is 91.0 Å². The van der Waals surface area contributed by atoms with Crippen LogP contribution in [0.3, 0.4) is 0 Å². The van der Waals surface area contributed by atoms with E-state index >= 15 is 0 Å². The molecule has 3 rings (SSSR count). The van der Waals surface area contributed by atoms with Crippen LogP contribution in [0.25, 0.3) is 0 Å². The number of hydrogen-bond acceptors (Lipinski definition) is 3. The molecule has 3 aromatic carbocycles. The van der Waals surface area contributed by atoms with Crippen molar-refractivity contribution in [2.45, 2.75) is 41.5 Å². The average molecular weight is 618 g/mol. The summed E-state index contributed by atoms with van der Waals surface area (Å²) in [4.78, 5) is 0. The molecule has 0 amide bonds. The Labute approximate surface area is 227 Å². The van der Waals surface area contributed by atoms with Crippen LogP contribution in [0.4, 0.5) is 39.5 Å². The Balaban J connectivity index is 0.000000296. The molecule has 0 N–H and O–H groups in total. The van der Waals surface area contributed by atoms with Crippen molar-refractivity contribution in [3.8, 4) is 0 Å². The van der Waals surface area contributed by atoms with Crippen LogP contribution < -0.4 is 0 Å². The monoisotopic (exact) mass is 618 g/mol. The number of benzene rings is 3. The zero-order valence-electron chi connectivity index (χ0n) is 20.5. The van der Waals surface area contributed by atoms with Gasteiger partial charge in [-0.2, -0.15) is 39.5 Å². The second-order valence-corrected chi connectivity index (χ2v) is 10.7. The van der Waals surface area contributed by atoms with Gasteiger partial charge in [-0.15, -0.1) is 0 Å². The molecular weight excluding hydrogens is 594 g/mol. The highest BCUT2D eigenvalue weighted by molar-refractivity contribution is 7.86. The highest BCUT2D eigenvalue weighted by Crippen LogP contribution is 2.54. The van der Waals surface area contributed by atoms with Gasteiger partial charge in [0.2, 0.25) is 0 Å². The van der Waals surface area contributed by atoms with E-state index in [9.17, 15) is 52.5 Å². The summed E-state index contributed by atoms with van der Waals surface area (Å²) in [6.45, 7) is 0. The van der Waals surface area contributed by atoms with Crippen LogP contribution in [0.15, 0.2) is 91.0 Å². The van der Waals surface area contributed by atoms with Crippen LogP contribution in [0, 0.1) is 0 Å². The molecule has 0 saturated carbocycles. The van der Waals surface area contributed by atoms with Crippen molar-refractivity contribution in [2.75, 3.05) is 6.16 Å². The topological polar surface area (TPSA) is 57.2 Å². The first-order valence-corrected chi connectivity index (χ1v) is 13.9. The van der Waals surface area contributed by atoms with Gasteiger partial charge in [0, 0.05) is 5.41 Å². The molecule has 0 aromatic heterocycles. The van der Waals surface area contributed by atoms with Crippen molar-refractivity contribution in [2.24, 2.45) is 0 Å². The van der Waals surface area contributed by atoms with E-state index in [0.29, 0.717) is 0 Å². The number of rotatable bonds is 9. The van der Waals surface area contributed by atoms with Gasteiger partial charge in [-0.05, 0) is 38.8 Å². The quantitative estimate of drug-likeness (QED) is 0.109. The third kappa shape index (κ3) is 6.47. The molecule has 40 heavy (non-hydrogen) atoms. The van der Waals surface area contributed by atoms with Gasteiger partial charge in [0.05, 0.1) is 6.16 Å². The highest BCUT2D eigenvalue weighted by Gasteiger charge is 2.83. The first-order chi connectivity index (χ1) is 18.4. The number of alkyl halides is 9. The molecule has 1 atom stereocenters. The minimum Gasteiger partial charge on any atom is -0.743 e. The summed E-state index contributed by atoms with van der Waals surface area (Å²) < 4.78 is 135. The van der Waals surface area contributed by atoms with Gasteiger partial charge in [0.25, 0.3) is 0 Å². The predicted molar refractivity (Wildman–Crippen MR) is 135 cm³/mol. The van der Waals surface area contributed by atoms with Crippen LogP contribution in [-0.4, -0.2) is 42.4 Å².